The van der Waals surface area contributed by atoms with Gasteiger partial charge in [0.15, 0.2) is 5.16 Å². The summed E-state index contributed by atoms with van der Waals surface area (Å²) in [6, 6.07) is 10.3. The minimum absolute atomic E-state index is 0.0881. The molecular weight excluding hydrogens is 398 g/mol. The first-order valence-electron chi connectivity index (χ1n) is 7.33. The van der Waals surface area contributed by atoms with Crippen LogP contribution < -0.4 is 4.72 Å². The second kappa shape index (κ2) is 7.18. The van der Waals surface area contributed by atoms with Crippen molar-refractivity contribution in [3.8, 4) is 11.1 Å². The summed E-state index contributed by atoms with van der Waals surface area (Å²) in [5, 5.41) is 9.76. The van der Waals surface area contributed by atoms with E-state index in [1.54, 1.807) is 36.4 Å². The van der Waals surface area contributed by atoms with E-state index in [-0.39, 0.29) is 5.75 Å². The number of sulfonamides is 1. The lowest BCUT2D eigenvalue weighted by atomic mass is 10.0. The third kappa shape index (κ3) is 4.48. The smallest absolute Gasteiger partial charge is 0.313 e. The average molecular weight is 412 g/mol. The number of halogens is 1. The minimum Gasteiger partial charge on any atom is -0.481 e. The molecule has 10 heteroatoms. The van der Waals surface area contributed by atoms with Crippen molar-refractivity contribution in [2.75, 3.05) is 16.7 Å². The second-order valence-corrected chi connectivity index (χ2v) is 8.64. The summed E-state index contributed by atoms with van der Waals surface area (Å²) in [5.41, 5.74) is 3.38. The Bertz CT molecular complexity index is 1080. The highest BCUT2D eigenvalue weighted by Crippen LogP contribution is 2.33. The van der Waals surface area contributed by atoms with Crippen LogP contribution in [-0.2, 0) is 14.8 Å². The number of benzene rings is 2. The maximum absolute atomic E-state index is 11.3. The predicted molar refractivity (Wildman–Crippen MR) is 103 cm³/mol. The maximum atomic E-state index is 11.3. The molecule has 7 nitrogen and oxygen atoms in total. The van der Waals surface area contributed by atoms with Crippen LogP contribution in [0.2, 0.25) is 5.02 Å². The van der Waals surface area contributed by atoms with Crippen LogP contribution in [0.1, 0.15) is 0 Å². The number of carboxylic acid groups (broad SMARTS) is 1. The van der Waals surface area contributed by atoms with Gasteiger partial charge in [-0.25, -0.2) is 13.4 Å². The highest BCUT2D eigenvalue weighted by molar-refractivity contribution is 7.99. The third-order valence-electron chi connectivity index (χ3n) is 3.38. The Morgan fingerprint density at radius 1 is 1.31 bits per heavy atom. The highest BCUT2D eigenvalue weighted by Gasteiger charge is 2.11. The molecule has 3 aromatic rings. The fraction of sp³-hybridized carbons (Fsp3) is 0.125. The molecule has 0 aliphatic heterocycles. The van der Waals surface area contributed by atoms with Crippen LogP contribution in [0.25, 0.3) is 22.2 Å². The number of aromatic nitrogens is 2. The molecule has 0 aliphatic rings. The first-order valence-corrected chi connectivity index (χ1v) is 10.6. The van der Waals surface area contributed by atoms with Crippen molar-refractivity contribution >= 4 is 56.1 Å². The van der Waals surface area contributed by atoms with E-state index >= 15 is 0 Å². The van der Waals surface area contributed by atoms with Crippen molar-refractivity contribution in [2.45, 2.75) is 5.16 Å². The Hall–Kier alpha value is -2.23. The number of nitrogens with zero attached hydrogens (tertiary/aromatic N) is 1. The normalized spacial score (nSPS) is 11.6. The molecule has 26 heavy (non-hydrogen) atoms. The molecule has 3 N–H and O–H groups in total. The molecule has 0 unspecified atom stereocenters. The molecule has 0 atom stereocenters. The largest absolute Gasteiger partial charge is 0.481 e. The average Bonchev–Trinajstić information content (AvgIpc) is 2.93. The van der Waals surface area contributed by atoms with Gasteiger partial charge in [0, 0.05) is 11.3 Å². The van der Waals surface area contributed by atoms with Crippen LogP contribution in [-0.4, -0.2) is 41.5 Å². The topological polar surface area (TPSA) is 112 Å². The number of H-pyrrole nitrogens is 1. The SMILES string of the molecule is CS(=O)(=O)Nc1ccc(-c2cc3nc(SCC(=O)O)[nH]c3cc2Cl)cc1. The van der Waals surface area contributed by atoms with E-state index < -0.39 is 16.0 Å². The van der Waals surface area contributed by atoms with Crippen molar-refractivity contribution in [3.63, 3.8) is 0 Å². The van der Waals surface area contributed by atoms with Crippen LogP contribution in [0.4, 0.5) is 5.69 Å². The minimum atomic E-state index is -3.33. The number of hydrogen-bond donors (Lipinski definition) is 3. The molecule has 0 bridgehead atoms. The van der Waals surface area contributed by atoms with Crippen molar-refractivity contribution in [3.05, 3.63) is 41.4 Å². The molecule has 0 fully saturated rings. The Morgan fingerprint density at radius 2 is 2.00 bits per heavy atom. The summed E-state index contributed by atoms with van der Waals surface area (Å²) >= 11 is 7.46. The lowest BCUT2D eigenvalue weighted by molar-refractivity contribution is -0.133. The summed E-state index contributed by atoms with van der Waals surface area (Å²) in [6.07, 6.45) is 1.09. The lowest BCUT2D eigenvalue weighted by Crippen LogP contribution is -2.09. The van der Waals surface area contributed by atoms with E-state index in [9.17, 15) is 13.2 Å². The molecule has 0 amide bonds. The van der Waals surface area contributed by atoms with E-state index in [1.807, 2.05) is 0 Å². The molecular formula is C16H14ClN3O4S2. The zero-order chi connectivity index (χ0) is 18.9. The standard InChI is InChI=1S/C16H14ClN3O4S2/c1-26(23,24)20-10-4-2-9(3-5-10)11-6-13-14(7-12(11)17)19-16(18-13)25-8-15(21)22/h2-7,20H,8H2,1H3,(H,18,19)(H,21,22). The predicted octanol–water partition coefficient (Wildman–Crippen LogP) is 3.43. The molecule has 0 aliphatic carbocycles. The van der Waals surface area contributed by atoms with Crippen molar-refractivity contribution < 1.29 is 18.3 Å². The summed E-state index contributed by atoms with van der Waals surface area (Å²) in [7, 11) is -3.33. The van der Waals surface area contributed by atoms with Gasteiger partial charge in [-0.15, -0.1) is 0 Å². The monoisotopic (exact) mass is 411 g/mol. The van der Waals surface area contributed by atoms with Crippen LogP contribution >= 0.6 is 23.4 Å². The van der Waals surface area contributed by atoms with Gasteiger partial charge in [-0.3, -0.25) is 9.52 Å². The Kier molecular flexibility index (Phi) is 5.12. The van der Waals surface area contributed by atoms with Crippen molar-refractivity contribution in [1.29, 1.82) is 0 Å². The third-order valence-corrected chi connectivity index (χ3v) is 5.16. The van der Waals surface area contributed by atoms with Crippen molar-refractivity contribution in [1.82, 2.24) is 9.97 Å². The van der Waals surface area contributed by atoms with Crippen molar-refractivity contribution in [2.24, 2.45) is 0 Å². The Labute approximate surface area is 158 Å². The van der Waals surface area contributed by atoms with E-state index in [4.69, 9.17) is 16.7 Å². The quantitative estimate of drug-likeness (QED) is 0.535. The number of hydrogen-bond acceptors (Lipinski definition) is 5. The summed E-state index contributed by atoms with van der Waals surface area (Å²) in [6.45, 7) is 0. The van der Waals surface area contributed by atoms with E-state index in [0.717, 1.165) is 29.1 Å². The molecule has 0 saturated carbocycles. The summed E-state index contributed by atoms with van der Waals surface area (Å²) < 4.78 is 24.9. The number of nitrogens with one attached hydrogen (secondary N) is 2. The number of carbonyl (C=O) groups is 1. The zero-order valence-corrected chi connectivity index (χ0v) is 15.9. The number of carboxylic acids is 1. The Balaban J connectivity index is 1.92. The fourth-order valence-corrected chi connectivity index (χ4v) is 3.80. The van der Waals surface area contributed by atoms with Gasteiger partial charge in [0.25, 0.3) is 0 Å². The van der Waals surface area contributed by atoms with Crippen LogP contribution in [0.3, 0.4) is 0 Å². The molecule has 0 saturated heterocycles. The van der Waals surface area contributed by atoms with Crippen LogP contribution in [0, 0.1) is 0 Å². The zero-order valence-electron chi connectivity index (χ0n) is 13.5. The molecule has 1 heterocycles. The van der Waals surface area contributed by atoms with E-state index in [0.29, 0.717) is 26.9 Å². The molecule has 3 rings (SSSR count). The first kappa shape index (κ1) is 18.6. The van der Waals surface area contributed by atoms with Gasteiger partial charge in [0.2, 0.25) is 10.0 Å². The maximum Gasteiger partial charge on any atom is 0.313 e. The molecule has 0 spiro atoms. The van der Waals surface area contributed by atoms with E-state index in [2.05, 4.69) is 14.7 Å². The first-order chi connectivity index (χ1) is 12.2. The summed E-state index contributed by atoms with van der Waals surface area (Å²) in [4.78, 5) is 18.1. The van der Waals surface area contributed by atoms with E-state index in [1.165, 1.54) is 0 Å². The lowest BCUT2D eigenvalue weighted by Gasteiger charge is -2.07. The van der Waals surface area contributed by atoms with Crippen LogP contribution in [0.15, 0.2) is 41.6 Å². The molecule has 1 aromatic heterocycles. The summed E-state index contributed by atoms with van der Waals surface area (Å²) in [5.74, 6) is -1.01. The molecule has 2 aromatic carbocycles. The van der Waals surface area contributed by atoms with Gasteiger partial charge in [-0.2, -0.15) is 0 Å². The molecule has 136 valence electrons. The molecule has 0 radical (unpaired) electrons. The number of fused-ring (bicyclic) bond motifs is 1. The fourth-order valence-electron chi connectivity index (χ4n) is 2.36. The van der Waals surface area contributed by atoms with Gasteiger partial charge in [-0.05, 0) is 29.8 Å². The van der Waals surface area contributed by atoms with Crippen LogP contribution in [0.5, 0.6) is 0 Å². The second-order valence-electron chi connectivity index (χ2n) is 5.53. The van der Waals surface area contributed by atoms with Gasteiger partial charge < -0.3 is 10.1 Å². The number of thioether (sulfide) groups is 1. The van der Waals surface area contributed by atoms with Gasteiger partial charge in [0.1, 0.15) is 0 Å². The highest BCUT2D eigenvalue weighted by atomic mass is 35.5. The number of aliphatic carboxylic acids is 1. The van der Waals surface area contributed by atoms with Gasteiger partial charge in [0.05, 0.1) is 28.1 Å². The van der Waals surface area contributed by atoms with Gasteiger partial charge in [-0.1, -0.05) is 35.5 Å². The number of anilines is 1. The number of rotatable bonds is 6. The number of imidazole rings is 1. The Morgan fingerprint density at radius 3 is 2.62 bits per heavy atom. The number of aromatic amines is 1. The van der Waals surface area contributed by atoms with Gasteiger partial charge >= 0.3 is 5.97 Å².